The number of aryl methyl sites for hydroxylation is 2. The minimum Gasteiger partial charge on any atom is -0.366 e. The van der Waals surface area contributed by atoms with Gasteiger partial charge in [-0.2, -0.15) is 0 Å². The van der Waals surface area contributed by atoms with Crippen LogP contribution in [-0.4, -0.2) is 39.4 Å². The first kappa shape index (κ1) is 17.1. The number of nitrogens with one attached hydrogen (secondary N) is 1. The molecule has 3 aromatic rings. The fourth-order valence-electron chi connectivity index (χ4n) is 3.10. The van der Waals surface area contributed by atoms with E-state index >= 15 is 0 Å². The maximum absolute atomic E-state index is 12.6. The molecule has 0 bridgehead atoms. The highest BCUT2D eigenvalue weighted by atomic mass is 35.5. The van der Waals surface area contributed by atoms with Crippen molar-refractivity contribution in [3.8, 4) is 0 Å². The summed E-state index contributed by atoms with van der Waals surface area (Å²) in [5.41, 5.74) is 4.29. The molecule has 134 valence electrons. The summed E-state index contributed by atoms with van der Waals surface area (Å²) >= 11 is 12.1. The first-order chi connectivity index (χ1) is 12.4. The van der Waals surface area contributed by atoms with E-state index in [9.17, 15) is 4.79 Å². The van der Waals surface area contributed by atoms with Crippen LogP contribution in [0.5, 0.6) is 0 Å². The van der Waals surface area contributed by atoms with Crippen molar-refractivity contribution in [2.75, 3.05) is 18.0 Å². The lowest BCUT2D eigenvalue weighted by molar-refractivity contribution is 0.0930. The number of amides is 1. The van der Waals surface area contributed by atoms with Gasteiger partial charge in [-0.25, -0.2) is 9.97 Å². The van der Waals surface area contributed by atoms with Crippen LogP contribution in [0.15, 0.2) is 30.6 Å². The quantitative estimate of drug-likeness (QED) is 0.698. The Morgan fingerprint density at radius 2 is 2.04 bits per heavy atom. The molecular weight excluding hydrogens is 373 g/mol. The smallest absolute Gasteiger partial charge is 0.253 e. The summed E-state index contributed by atoms with van der Waals surface area (Å²) in [7, 11) is 0. The molecule has 1 amide bonds. The predicted molar refractivity (Wildman–Crippen MR) is 102 cm³/mol. The first-order valence-electron chi connectivity index (χ1n) is 8.24. The summed E-state index contributed by atoms with van der Waals surface area (Å²) in [6.07, 6.45) is 3.37. The van der Waals surface area contributed by atoms with Gasteiger partial charge < -0.3 is 14.6 Å². The van der Waals surface area contributed by atoms with Gasteiger partial charge in [0.1, 0.15) is 10.8 Å². The van der Waals surface area contributed by atoms with E-state index in [1.165, 1.54) is 6.20 Å². The molecule has 4 rings (SSSR count). The van der Waals surface area contributed by atoms with Gasteiger partial charge in [0.05, 0.1) is 28.0 Å². The first-order valence-corrected chi connectivity index (χ1v) is 9.00. The molecule has 26 heavy (non-hydrogen) atoms. The number of carbonyl (C=O) groups is 1. The van der Waals surface area contributed by atoms with E-state index in [1.807, 2.05) is 30.5 Å². The topological polar surface area (TPSA) is 62.5 Å². The molecule has 3 aromatic heterocycles. The van der Waals surface area contributed by atoms with Crippen molar-refractivity contribution in [3.05, 3.63) is 57.7 Å². The standard InChI is InChI=1S/C18H17Cl2N5O/c1-10-11(2)25-7-12(3-4-17(25)22-10)18(26)23-13-8-24(9-13)15-5-16(20)21-6-14(15)19/h3-7,13H,8-9H2,1-2H3,(H,23,26). The Hall–Kier alpha value is -2.31. The normalized spacial score (nSPS) is 14.5. The molecule has 0 spiro atoms. The average Bonchev–Trinajstić information content (AvgIpc) is 2.87. The molecule has 0 saturated carbocycles. The van der Waals surface area contributed by atoms with Crippen LogP contribution in [0.2, 0.25) is 10.2 Å². The average molecular weight is 390 g/mol. The van der Waals surface area contributed by atoms with Crippen LogP contribution in [0.4, 0.5) is 5.69 Å². The Bertz CT molecular complexity index is 1010. The van der Waals surface area contributed by atoms with Crippen LogP contribution in [0.3, 0.4) is 0 Å². The number of hydrogen-bond donors (Lipinski definition) is 1. The predicted octanol–water partition coefficient (Wildman–Crippen LogP) is 3.27. The zero-order valence-electron chi connectivity index (χ0n) is 14.3. The molecule has 4 heterocycles. The van der Waals surface area contributed by atoms with Gasteiger partial charge in [-0.1, -0.05) is 23.2 Å². The number of carbonyl (C=O) groups excluding carboxylic acids is 1. The van der Waals surface area contributed by atoms with Crippen LogP contribution in [0.1, 0.15) is 21.7 Å². The minimum absolute atomic E-state index is 0.0619. The van der Waals surface area contributed by atoms with Crippen molar-refractivity contribution in [1.29, 1.82) is 0 Å². The van der Waals surface area contributed by atoms with E-state index in [0.717, 1.165) is 22.7 Å². The Kier molecular flexibility index (Phi) is 4.25. The van der Waals surface area contributed by atoms with Crippen LogP contribution >= 0.6 is 23.2 Å². The fourth-order valence-corrected chi connectivity index (χ4v) is 3.47. The van der Waals surface area contributed by atoms with Gasteiger partial charge in [-0.05, 0) is 26.0 Å². The SMILES string of the molecule is Cc1nc2ccc(C(=O)NC3CN(c4cc(Cl)ncc4Cl)C3)cn2c1C. The van der Waals surface area contributed by atoms with E-state index < -0.39 is 0 Å². The number of halogens is 2. The van der Waals surface area contributed by atoms with Crippen molar-refractivity contribution in [2.45, 2.75) is 19.9 Å². The fraction of sp³-hybridized carbons (Fsp3) is 0.278. The highest BCUT2D eigenvalue weighted by Gasteiger charge is 2.30. The van der Waals surface area contributed by atoms with Gasteiger partial charge in [0.15, 0.2) is 0 Å². The largest absolute Gasteiger partial charge is 0.366 e. The van der Waals surface area contributed by atoms with E-state index in [-0.39, 0.29) is 11.9 Å². The van der Waals surface area contributed by atoms with Crippen molar-refractivity contribution in [2.24, 2.45) is 0 Å². The number of fused-ring (bicyclic) bond motifs is 1. The van der Waals surface area contributed by atoms with Crippen molar-refractivity contribution >= 4 is 40.4 Å². The lowest BCUT2D eigenvalue weighted by Gasteiger charge is -2.41. The van der Waals surface area contributed by atoms with Gasteiger partial charge in [0.2, 0.25) is 0 Å². The molecule has 6 nitrogen and oxygen atoms in total. The van der Waals surface area contributed by atoms with Gasteiger partial charge in [0.25, 0.3) is 5.91 Å². The number of hydrogen-bond acceptors (Lipinski definition) is 4. The van der Waals surface area contributed by atoms with Crippen LogP contribution in [-0.2, 0) is 0 Å². The molecule has 1 fully saturated rings. The third kappa shape index (κ3) is 2.99. The van der Waals surface area contributed by atoms with Gasteiger partial charge in [-0.15, -0.1) is 0 Å². The maximum Gasteiger partial charge on any atom is 0.253 e. The van der Waals surface area contributed by atoms with Crippen LogP contribution in [0.25, 0.3) is 5.65 Å². The molecule has 0 unspecified atom stereocenters. The van der Waals surface area contributed by atoms with Gasteiger partial charge >= 0.3 is 0 Å². The summed E-state index contributed by atoms with van der Waals surface area (Å²) in [5.74, 6) is -0.0961. The summed E-state index contributed by atoms with van der Waals surface area (Å²) < 4.78 is 1.94. The van der Waals surface area contributed by atoms with Crippen LogP contribution in [0, 0.1) is 13.8 Å². The lowest BCUT2D eigenvalue weighted by atomic mass is 10.1. The Balaban J connectivity index is 1.43. The van der Waals surface area contributed by atoms with E-state index in [1.54, 1.807) is 12.1 Å². The Morgan fingerprint density at radius 3 is 2.81 bits per heavy atom. The number of pyridine rings is 2. The summed E-state index contributed by atoms with van der Waals surface area (Å²) in [6.45, 7) is 5.31. The highest BCUT2D eigenvalue weighted by molar-refractivity contribution is 6.34. The van der Waals surface area contributed by atoms with Crippen LogP contribution < -0.4 is 10.2 Å². The number of nitrogens with zero attached hydrogens (tertiary/aromatic N) is 4. The molecule has 1 saturated heterocycles. The molecule has 0 atom stereocenters. The Morgan fingerprint density at radius 1 is 1.27 bits per heavy atom. The molecule has 0 aromatic carbocycles. The van der Waals surface area contributed by atoms with E-state index in [2.05, 4.69) is 20.2 Å². The number of imidazole rings is 1. The van der Waals surface area contributed by atoms with Crippen molar-refractivity contribution in [3.63, 3.8) is 0 Å². The summed E-state index contributed by atoms with van der Waals surface area (Å²) in [6, 6.07) is 5.46. The second-order valence-electron chi connectivity index (χ2n) is 6.46. The zero-order valence-corrected chi connectivity index (χ0v) is 15.8. The van der Waals surface area contributed by atoms with Gasteiger partial charge in [-0.3, -0.25) is 4.79 Å². The second-order valence-corrected chi connectivity index (χ2v) is 7.26. The highest BCUT2D eigenvalue weighted by Crippen LogP contribution is 2.30. The molecule has 1 N–H and O–H groups in total. The molecule has 1 aliphatic heterocycles. The lowest BCUT2D eigenvalue weighted by Crippen LogP contribution is -2.59. The van der Waals surface area contributed by atoms with E-state index in [4.69, 9.17) is 23.2 Å². The van der Waals surface area contributed by atoms with Crippen molar-refractivity contribution in [1.82, 2.24) is 19.7 Å². The molecule has 0 aliphatic carbocycles. The van der Waals surface area contributed by atoms with E-state index in [0.29, 0.717) is 28.8 Å². The second kappa shape index (κ2) is 6.45. The molecule has 1 aliphatic rings. The molecule has 0 radical (unpaired) electrons. The number of anilines is 1. The summed E-state index contributed by atoms with van der Waals surface area (Å²) in [4.78, 5) is 23.0. The monoisotopic (exact) mass is 389 g/mol. The minimum atomic E-state index is -0.0961. The molecular formula is C18H17Cl2N5O. The number of rotatable bonds is 3. The van der Waals surface area contributed by atoms with Gasteiger partial charge in [0, 0.05) is 37.2 Å². The van der Waals surface area contributed by atoms with Crippen molar-refractivity contribution < 1.29 is 4.79 Å². The third-order valence-electron chi connectivity index (χ3n) is 4.72. The zero-order chi connectivity index (χ0) is 18.4. The molecule has 8 heteroatoms. The Labute approximate surface area is 160 Å². The maximum atomic E-state index is 12.6. The third-order valence-corrected chi connectivity index (χ3v) is 5.21. The number of aromatic nitrogens is 3. The summed E-state index contributed by atoms with van der Waals surface area (Å²) in [5, 5.41) is 4.00.